The van der Waals surface area contributed by atoms with Crippen molar-refractivity contribution in [2.24, 2.45) is 0 Å². The molecule has 0 atom stereocenters. The van der Waals surface area contributed by atoms with E-state index in [1.54, 1.807) is 12.1 Å². The molecule has 0 fully saturated rings. The highest BCUT2D eigenvalue weighted by atomic mass is 16.4. The first-order chi connectivity index (χ1) is 7.69. The second kappa shape index (κ2) is 5.85. The van der Waals surface area contributed by atoms with Crippen LogP contribution in [0.15, 0.2) is 24.8 Å². The van der Waals surface area contributed by atoms with E-state index in [0.717, 1.165) is 13.0 Å². The zero-order chi connectivity index (χ0) is 12.0. The van der Waals surface area contributed by atoms with E-state index in [1.165, 1.54) is 6.07 Å². The third kappa shape index (κ3) is 3.05. The van der Waals surface area contributed by atoms with Crippen LogP contribution in [0.2, 0.25) is 0 Å². The SMILES string of the molecule is C=CCN(CCC)c1ccc(C(=O)O)nn1. The van der Waals surface area contributed by atoms with E-state index < -0.39 is 5.97 Å². The molecule has 1 aromatic heterocycles. The monoisotopic (exact) mass is 221 g/mol. The summed E-state index contributed by atoms with van der Waals surface area (Å²) in [5.41, 5.74) is -0.0428. The van der Waals surface area contributed by atoms with Crippen LogP contribution in [-0.2, 0) is 0 Å². The number of nitrogens with zero attached hydrogens (tertiary/aromatic N) is 3. The summed E-state index contributed by atoms with van der Waals surface area (Å²) in [5.74, 6) is -0.392. The first kappa shape index (κ1) is 12.2. The summed E-state index contributed by atoms with van der Waals surface area (Å²) in [4.78, 5) is 12.6. The Kier molecular flexibility index (Phi) is 4.44. The summed E-state index contributed by atoms with van der Waals surface area (Å²) < 4.78 is 0. The van der Waals surface area contributed by atoms with Crippen molar-refractivity contribution in [2.45, 2.75) is 13.3 Å². The number of anilines is 1. The molecule has 0 aromatic carbocycles. The van der Waals surface area contributed by atoms with Crippen molar-refractivity contribution in [3.8, 4) is 0 Å². The molecule has 0 spiro atoms. The second-order valence-corrected chi connectivity index (χ2v) is 3.32. The maximum Gasteiger partial charge on any atom is 0.356 e. The van der Waals surface area contributed by atoms with Crippen LogP contribution in [0.1, 0.15) is 23.8 Å². The summed E-state index contributed by atoms with van der Waals surface area (Å²) in [6.45, 7) is 7.25. The Bertz CT molecular complexity index is 362. The van der Waals surface area contributed by atoms with Gasteiger partial charge in [0, 0.05) is 13.1 Å². The second-order valence-electron chi connectivity index (χ2n) is 3.32. The highest BCUT2D eigenvalue weighted by Crippen LogP contribution is 2.10. The molecule has 0 aliphatic heterocycles. The topological polar surface area (TPSA) is 66.3 Å². The van der Waals surface area contributed by atoms with E-state index in [2.05, 4.69) is 23.7 Å². The van der Waals surface area contributed by atoms with E-state index in [0.29, 0.717) is 12.4 Å². The van der Waals surface area contributed by atoms with Crippen molar-refractivity contribution < 1.29 is 9.90 Å². The highest BCUT2D eigenvalue weighted by molar-refractivity contribution is 5.85. The van der Waals surface area contributed by atoms with Gasteiger partial charge in [-0.05, 0) is 18.6 Å². The van der Waals surface area contributed by atoms with Gasteiger partial charge in [-0.2, -0.15) is 0 Å². The van der Waals surface area contributed by atoms with Crippen LogP contribution >= 0.6 is 0 Å². The molecule has 0 saturated heterocycles. The maximum absolute atomic E-state index is 10.6. The van der Waals surface area contributed by atoms with Crippen molar-refractivity contribution >= 4 is 11.8 Å². The van der Waals surface area contributed by atoms with Gasteiger partial charge in [-0.25, -0.2) is 4.79 Å². The molecule has 1 N–H and O–H groups in total. The predicted molar refractivity (Wildman–Crippen MR) is 61.7 cm³/mol. The number of aromatic nitrogens is 2. The van der Waals surface area contributed by atoms with E-state index in [-0.39, 0.29) is 5.69 Å². The number of hydrogen-bond acceptors (Lipinski definition) is 4. The predicted octanol–water partition coefficient (Wildman–Crippen LogP) is 1.58. The zero-order valence-electron chi connectivity index (χ0n) is 9.26. The van der Waals surface area contributed by atoms with Crippen LogP contribution < -0.4 is 4.90 Å². The molecule has 5 nitrogen and oxygen atoms in total. The van der Waals surface area contributed by atoms with Gasteiger partial charge in [-0.1, -0.05) is 13.0 Å². The Morgan fingerprint density at radius 3 is 2.75 bits per heavy atom. The average Bonchev–Trinajstić information content (AvgIpc) is 2.29. The summed E-state index contributed by atoms with van der Waals surface area (Å²) >= 11 is 0. The summed E-state index contributed by atoms with van der Waals surface area (Å²) in [5, 5.41) is 16.2. The highest BCUT2D eigenvalue weighted by Gasteiger charge is 2.08. The van der Waals surface area contributed by atoms with E-state index in [4.69, 9.17) is 5.11 Å². The van der Waals surface area contributed by atoms with Gasteiger partial charge in [-0.15, -0.1) is 16.8 Å². The molecule has 0 unspecified atom stereocenters. The molecule has 0 bridgehead atoms. The van der Waals surface area contributed by atoms with Crippen LogP contribution in [0.4, 0.5) is 5.82 Å². The van der Waals surface area contributed by atoms with Crippen molar-refractivity contribution in [3.63, 3.8) is 0 Å². The summed E-state index contributed by atoms with van der Waals surface area (Å²) in [6.07, 6.45) is 2.76. The number of rotatable bonds is 6. The van der Waals surface area contributed by atoms with Crippen LogP contribution in [0.25, 0.3) is 0 Å². The molecule has 0 saturated carbocycles. The van der Waals surface area contributed by atoms with E-state index >= 15 is 0 Å². The molecule has 1 heterocycles. The van der Waals surface area contributed by atoms with Gasteiger partial charge in [-0.3, -0.25) is 0 Å². The number of carbonyl (C=O) groups is 1. The fourth-order valence-electron chi connectivity index (χ4n) is 1.33. The minimum atomic E-state index is -1.06. The van der Waals surface area contributed by atoms with E-state index in [1.807, 2.05) is 4.90 Å². The number of carboxylic acid groups (broad SMARTS) is 1. The minimum absolute atomic E-state index is 0.0428. The Labute approximate surface area is 94.4 Å². The smallest absolute Gasteiger partial charge is 0.356 e. The fourth-order valence-corrected chi connectivity index (χ4v) is 1.33. The first-order valence-electron chi connectivity index (χ1n) is 5.12. The van der Waals surface area contributed by atoms with Gasteiger partial charge in [0.05, 0.1) is 0 Å². The number of hydrogen-bond donors (Lipinski definition) is 1. The molecule has 16 heavy (non-hydrogen) atoms. The lowest BCUT2D eigenvalue weighted by Crippen LogP contribution is -2.25. The Hall–Kier alpha value is -1.91. The number of aromatic carboxylic acids is 1. The third-order valence-corrected chi connectivity index (χ3v) is 2.04. The molecule has 1 aromatic rings. The van der Waals surface area contributed by atoms with Gasteiger partial charge >= 0.3 is 5.97 Å². The molecule has 86 valence electrons. The summed E-state index contributed by atoms with van der Waals surface area (Å²) in [6, 6.07) is 3.12. The lowest BCUT2D eigenvalue weighted by molar-refractivity contribution is 0.0689. The Balaban J connectivity index is 2.84. The zero-order valence-corrected chi connectivity index (χ0v) is 9.26. The van der Waals surface area contributed by atoms with Crippen molar-refractivity contribution in [2.75, 3.05) is 18.0 Å². The summed E-state index contributed by atoms with van der Waals surface area (Å²) in [7, 11) is 0. The first-order valence-corrected chi connectivity index (χ1v) is 5.12. The van der Waals surface area contributed by atoms with Crippen molar-refractivity contribution in [1.82, 2.24) is 10.2 Å². The van der Waals surface area contributed by atoms with Gasteiger partial charge < -0.3 is 10.0 Å². The van der Waals surface area contributed by atoms with Crippen molar-refractivity contribution in [3.05, 3.63) is 30.5 Å². The molecule has 0 radical (unpaired) electrons. The molecule has 5 heteroatoms. The van der Waals surface area contributed by atoms with Crippen LogP contribution in [0.5, 0.6) is 0 Å². The van der Waals surface area contributed by atoms with Gasteiger partial charge in [0.15, 0.2) is 11.5 Å². The normalized spacial score (nSPS) is 9.81. The van der Waals surface area contributed by atoms with Gasteiger partial charge in [0.25, 0.3) is 0 Å². The molecule has 0 aliphatic rings. The lowest BCUT2D eigenvalue weighted by Gasteiger charge is -2.20. The lowest BCUT2D eigenvalue weighted by atomic mass is 10.3. The van der Waals surface area contributed by atoms with Gasteiger partial charge in [0.2, 0.25) is 0 Å². The van der Waals surface area contributed by atoms with Gasteiger partial charge in [0.1, 0.15) is 0 Å². The van der Waals surface area contributed by atoms with E-state index in [9.17, 15) is 4.79 Å². The fraction of sp³-hybridized carbons (Fsp3) is 0.364. The van der Waals surface area contributed by atoms with Crippen molar-refractivity contribution in [1.29, 1.82) is 0 Å². The standard InChI is InChI=1S/C11H15N3O2/c1-3-7-14(8-4-2)10-6-5-9(11(15)16)12-13-10/h3,5-6H,1,4,7-8H2,2H3,(H,15,16). The molecule has 0 aliphatic carbocycles. The largest absolute Gasteiger partial charge is 0.476 e. The minimum Gasteiger partial charge on any atom is -0.476 e. The molecule has 1 rings (SSSR count). The Morgan fingerprint density at radius 1 is 1.56 bits per heavy atom. The molecular formula is C11H15N3O2. The average molecular weight is 221 g/mol. The third-order valence-electron chi connectivity index (χ3n) is 2.04. The molecular weight excluding hydrogens is 206 g/mol. The maximum atomic E-state index is 10.6. The quantitative estimate of drug-likeness (QED) is 0.739. The van der Waals surface area contributed by atoms with Crippen LogP contribution in [0, 0.1) is 0 Å². The van der Waals surface area contributed by atoms with Crippen LogP contribution in [-0.4, -0.2) is 34.4 Å². The molecule has 0 amide bonds. The number of carboxylic acids is 1. The Morgan fingerprint density at radius 2 is 2.31 bits per heavy atom. The van der Waals surface area contributed by atoms with Crippen LogP contribution in [0.3, 0.4) is 0 Å².